The van der Waals surface area contributed by atoms with E-state index in [1.165, 1.54) is 16.7 Å². The van der Waals surface area contributed by atoms with Crippen LogP contribution in [0.4, 0.5) is 0 Å². The second-order valence-electron chi connectivity index (χ2n) is 5.18. The number of carbonyl (C=O) groups is 1. The van der Waals surface area contributed by atoms with Gasteiger partial charge in [0.15, 0.2) is 0 Å². The Balaban J connectivity index is 2.48. The summed E-state index contributed by atoms with van der Waals surface area (Å²) in [6.45, 7) is 6.25. The highest BCUT2D eigenvalue weighted by molar-refractivity contribution is 5.62. The molecule has 1 aromatic rings. The lowest BCUT2D eigenvalue weighted by molar-refractivity contribution is -0.115. The summed E-state index contributed by atoms with van der Waals surface area (Å²) < 4.78 is 0. The van der Waals surface area contributed by atoms with Crippen LogP contribution < -0.4 is 0 Å². The van der Waals surface area contributed by atoms with Crippen molar-refractivity contribution in [2.45, 2.75) is 39.5 Å². The lowest BCUT2D eigenvalue weighted by Gasteiger charge is -2.27. The average Bonchev–Trinajstić information content (AvgIpc) is 2.63. The van der Waals surface area contributed by atoms with Crippen molar-refractivity contribution in [3.05, 3.63) is 34.9 Å². The van der Waals surface area contributed by atoms with Gasteiger partial charge in [-0.2, -0.15) is 0 Å². The Kier molecular flexibility index (Phi) is 2.41. The Morgan fingerprint density at radius 2 is 2.13 bits per heavy atom. The average molecular weight is 202 g/mol. The van der Waals surface area contributed by atoms with Crippen molar-refractivity contribution in [3.8, 4) is 0 Å². The van der Waals surface area contributed by atoms with Gasteiger partial charge in [-0.3, -0.25) is 0 Å². The van der Waals surface area contributed by atoms with Crippen LogP contribution in [0.2, 0.25) is 0 Å². The van der Waals surface area contributed by atoms with Crippen molar-refractivity contribution in [3.63, 3.8) is 0 Å². The standard InChI is InChI=1S/C14H18O/c1-10-5-4-6-11-7-8-12(13(10)11)14(2,3)9-15/h4-6,9,12H,7-8H2,1-3H3. The molecule has 1 nitrogen and oxygen atoms in total. The van der Waals surface area contributed by atoms with Gasteiger partial charge in [0.1, 0.15) is 6.29 Å². The third-order valence-corrected chi connectivity index (χ3v) is 3.67. The van der Waals surface area contributed by atoms with Crippen LogP contribution in [0.1, 0.15) is 42.9 Å². The Bertz CT molecular complexity index is 390. The molecule has 15 heavy (non-hydrogen) atoms. The van der Waals surface area contributed by atoms with E-state index in [9.17, 15) is 4.79 Å². The zero-order chi connectivity index (χ0) is 11.1. The molecular weight excluding hydrogens is 184 g/mol. The highest BCUT2D eigenvalue weighted by Gasteiger charge is 2.36. The second kappa shape index (κ2) is 3.48. The first-order valence-electron chi connectivity index (χ1n) is 5.61. The quantitative estimate of drug-likeness (QED) is 0.673. The van der Waals surface area contributed by atoms with Gasteiger partial charge < -0.3 is 4.79 Å². The predicted molar refractivity (Wildman–Crippen MR) is 62.1 cm³/mol. The summed E-state index contributed by atoms with van der Waals surface area (Å²) in [6, 6.07) is 6.46. The summed E-state index contributed by atoms with van der Waals surface area (Å²) in [5.74, 6) is 0.409. The van der Waals surface area contributed by atoms with E-state index < -0.39 is 0 Å². The van der Waals surface area contributed by atoms with E-state index in [4.69, 9.17) is 0 Å². The number of hydrogen-bond donors (Lipinski definition) is 0. The molecule has 0 bridgehead atoms. The van der Waals surface area contributed by atoms with Crippen LogP contribution in [-0.4, -0.2) is 6.29 Å². The van der Waals surface area contributed by atoms with Crippen molar-refractivity contribution in [1.82, 2.24) is 0 Å². The fraction of sp³-hybridized carbons (Fsp3) is 0.500. The number of aldehydes is 1. The van der Waals surface area contributed by atoms with Gasteiger partial charge in [0.2, 0.25) is 0 Å². The SMILES string of the molecule is Cc1cccc2c1C(C(C)(C)C=O)CC2. The molecule has 0 fully saturated rings. The largest absolute Gasteiger partial charge is 0.303 e. The van der Waals surface area contributed by atoms with E-state index in [1.54, 1.807) is 0 Å². The molecule has 0 amide bonds. The molecule has 80 valence electrons. The molecule has 0 aliphatic heterocycles. The van der Waals surface area contributed by atoms with Crippen LogP contribution in [0.25, 0.3) is 0 Å². The molecule has 1 heteroatoms. The summed E-state index contributed by atoms with van der Waals surface area (Å²) in [7, 11) is 0. The third-order valence-electron chi connectivity index (χ3n) is 3.67. The van der Waals surface area contributed by atoms with E-state index in [-0.39, 0.29) is 5.41 Å². The lowest BCUT2D eigenvalue weighted by Crippen LogP contribution is -2.22. The molecule has 1 aliphatic rings. The lowest BCUT2D eigenvalue weighted by atomic mass is 9.76. The Morgan fingerprint density at radius 1 is 1.40 bits per heavy atom. The van der Waals surface area contributed by atoms with E-state index in [2.05, 4.69) is 25.1 Å². The second-order valence-corrected chi connectivity index (χ2v) is 5.18. The minimum atomic E-state index is -0.225. The maximum Gasteiger partial charge on any atom is 0.126 e. The molecule has 1 aromatic carbocycles. The summed E-state index contributed by atoms with van der Waals surface area (Å²) in [5, 5.41) is 0. The molecule has 2 rings (SSSR count). The summed E-state index contributed by atoms with van der Waals surface area (Å²) >= 11 is 0. The Hall–Kier alpha value is -1.11. The van der Waals surface area contributed by atoms with Crippen LogP contribution >= 0.6 is 0 Å². The van der Waals surface area contributed by atoms with E-state index in [0.29, 0.717) is 5.92 Å². The minimum Gasteiger partial charge on any atom is -0.303 e. The van der Waals surface area contributed by atoms with Crippen LogP contribution in [0.5, 0.6) is 0 Å². The molecular formula is C14H18O. The van der Waals surface area contributed by atoms with Crippen molar-refractivity contribution in [2.75, 3.05) is 0 Å². The molecule has 0 radical (unpaired) electrons. The number of benzene rings is 1. The topological polar surface area (TPSA) is 17.1 Å². The van der Waals surface area contributed by atoms with Gasteiger partial charge in [0, 0.05) is 5.41 Å². The van der Waals surface area contributed by atoms with Gasteiger partial charge in [-0.15, -0.1) is 0 Å². The smallest absolute Gasteiger partial charge is 0.126 e. The Labute approximate surface area is 91.5 Å². The summed E-state index contributed by atoms with van der Waals surface area (Å²) in [5.41, 5.74) is 3.98. The van der Waals surface area contributed by atoms with Crippen LogP contribution in [-0.2, 0) is 11.2 Å². The number of fused-ring (bicyclic) bond motifs is 1. The van der Waals surface area contributed by atoms with Crippen molar-refractivity contribution in [2.24, 2.45) is 5.41 Å². The van der Waals surface area contributed by atoms with Gasteiger partial charge in [-0.25, -0.2) is 0 Å². The van der Waals surface area contributed by atoms with Gasteiger partial charge in [-0.05, 0) is 42.4 Å². The molecule has 0 spiro atoms. The normalized spacial score (nSPS) is 20.1. The van der Waals surface area contributed by atoms with Crippen LogP contribution in [0, 0.1) is 12.3 Å². The first-order chi connectivity index (χ1) is 7.06. The maximum atomic E-state index is 11.1. The zero-order valence-corrected chi connectivity index (χ0v) is 9.71. The molecule has 0 aromatic heterocycles. The zero-order valence-electron chi connectivity index (χ0n) is 9.71. The molecule has 1 atom stereocenters. The van der Waals surface area contributed by atoms with E-state index in [0.717, 1.165) is 19.1 Å². The molecule has 1 unspecified atom stereocenters. The van der Waals surface area contributed by atoms with Gasteiger partial charge in [0.05, 0.1) is 0 Å². The van der Waals surface area contributed by atoms with Crippen LogP contribution in [0.3, 0.4) is 0 Å². The van der Waals surface area contributed by atoms with Gasteiger partial charge in [0.25, 0.3) is 0 Å². The van der Waals surface area contributed by atoms with Crippen LogP contribution in [0.15, 0.2) is 18.2 Å². The van der Waals surface area contributed by atoms with E-state index >= 15 is 0 Å². The third kappa shape index (κ3) is 1.60. The highest BCUT2D eigenvalue weighted by Crippen LogP contribution is 2.45. The van der Waals surface area contributed by atoms with E-state index in [1.807, 2.05) is 13.8 Å². The first kappa shape index (κ1) is 10.4. The van der Waals surface area contributed by atoms with Gasteiger partial charge in [-0.1, -0.05) is 32.0 Å². The number of aryl methyl sites for hydroxylation is 2. The predicted octanol–water partition coefficient (Wildman–Crippen LogP) is 3.25. The molecule has 0 heterocycles. The highest BCUT2D eigenvalue weighted by atomic mass is 16.1. The molecule has 0 N–H and O–H groups in total. The number of rotatable bonds is 2. The Morgan fingerprint density at radius 3 is 2.80 bits per heavy atom. The fourth-order valence-electron chi connectivity index (χ4n) is 2.73. The van der Waals surface area contributed by atoms with Crippen molar-refractivity contribution in [1.29, 1.82) is 0 Å². The molecule has 0 saturated heterocycles. The summed E-state index contributed by atoms with van der Waals surface area (Å²) in [6.07, 6.45) is 3.35. The van der Waals surface area contributed by atoms with Gasteiger partial charge >= 0.3 is 0 Å². The fourth-order valence-corrected chi connectivity index (χ4v) is 2.73. The van der Waals surface area contributed by atoms with Crippen molar-refractivity contribution >= 4 is 6.29 Å². The monoisotopic (exact) mass is 202 g/mol. The number of hydrogen-bond acceptors (Lipinski definition) is 1. The first-order valence-corrected chi connectivity index (χ1v) is 5.61. The van der Waals surface area contributed by atoms with Crippen molar-refractivity contribution < 1.29 is 4.79 Å². The maximum absolute atomic E-state index is 11.1. The number of carbonyl (C=O) groups excluding carboxylic acids is 1. The molecule has 0 saturated carbocycles. The minimum absolute atomic E-state index is 0.225. The molecule has 1 aliphatic carbocycles. The summed E-state index contributed by atoms with van der Waals surface area (Å²) in [4.78, 5) is 11.1.